The highest BCUT2D eigenvalue weighted by Crippen LogP contribution is 2.37. The van der Waals surface area contributed by atoms with Gasteiger partial charge in [0.1, 0.15) is 5.75 Å². The maximum atomic E-state index is 10.5. The second-order valence-electron chi connectivity index (χ2n) is 5.14. The summed E-state index contributed by atoms with van der Waals surface area (Å²) in [6.07, 6.45) is 5.77. The van der Waals surface area contributed by atoms with Crippen molar-refractivity contribution in [2.75, 3.05) is 0 Å². The Bertz CT molecular complexity index is 549. The van der Waals surface area contributed by atoms with Gasteiger partial charge in [0.2, 0.25) is 0 Å². The van der Waals surface area contributed by atoms with Crippen LogP contribution in [-0.2, 0) is 6.42 Å². The molecule has 0 amide bonds. The zero-order valence-electron chi connectivity index (χ0n) is 12.0. The number of aromatic hydroxyl groups is 1. The van der Waals surface area contributed by atoms with E-state index in [2.05, 4.69) is 19.6 Å². The van der Waals surface area contributed by atoms with Gasteiger partial charge in [-0.2, -0.15) is 0 Å². The van der Waals surface area contributed by atoms with Crippen molar-refractivity contribution in [3.63, 3.8) is 0 Å². The lowest BCUT2D eigenvalue weighted by atomic mass is 9.98. The lowest BCUT2D eigenvalue weighted by Crippen LogP contribution is -1.91. The first-order chi connectivity index (χ1) is 9.74. The molecule has 106 valence electrons. The van der Waals surface area contributed by atoms with Gasteiger partial charge in [0.05, 0.1) is 0 Å². The van der Waals surface area contributed by atoms with E-state index in [4.69, 9.17) is 0 Å². The number of phenolic OH excluding ortho intramolecular Hbond substituents is 1. The van der Waals surface area contributed by atoms with E-state index in [1.807, 2.05) is 42.5 Å². The quantitative estimate of drug-likeness (QED) is 0.533. The Labute approximate surface area is 127 Å². The van der Waals surface area contributed by atoms with E-state index in [0.717, 1.165) is 34.4 Å². The normalized spacial score (nSPS) is 10.7. The van der Waals surface area contributed by atoms with E-state index in [1.165, 1.54) is 19.3 Å². The molecule has 0 aliphatic rings. The van der Waals surface area contributed by atoms with Crippen LogP contribution in [-0.4, -0.2) is 5.11 Å². The van der Waals surface area contributed by atoms with Crippen LogP contribution in [0.1, 0.15) is 38.2 Å². The molecule has 2 rings (SSSR count). The molecule has 0 bridgehead atoms. The summed E-state index contributed by atoms with van der Waals surface area (Å²) in [5.41, 5.74) is 2.89. The highest BCUT2D eigenvalue weighted by molar-refractivity contribution is 7.80. The number of rotatable bonds is 6. The molecule has 0 unspecified atom stereocenters. The SMILES string of the molecule is CCCCCCc1ccc(S)c(-c2ccccc2)c1O. The summed E-state index contributed by atoms with van der Waals surface area (Å²) < 4.78 is 0. The first-order valence-corrected chi connectivity index (χ1v) is 7.78. The minimum absolute atomic E-state index is 0.389. The molecule has 0 saturated carbocycles. The predicted octanol–water partition coefficient (Wildman–Crippen LogP) is 5.47. The summed E-state index contributed by atoms with van der Waals surface area (Å²) >= 11 is 4.49. The molecule has 0 aliphatic carbocycles. The Morgan fingerprint density at radius 3 is 2.40 bits per heavy atom. The van der Waals surface area contributed by atoms with Crippen LogP contribution in [0.5, 0.6) is 5.75 Å². The molecule has 0 aromatic heterocycles. The van der Waals surface area contributed by atoms with E-state index >= 15 is 0 Å². The first kappa shape index (κ1) is 15.0. The summed E-state index contributed by atoms with van der Waals surface area (Å²) in [5, 5.41) is 10.5. The lowest BCUT2D eigenvalue weighted by Gasteiger charge is -2.12. The van der Waals surface area contributed by atoms with Crippen LogP contribution in [0.15, 0.2) is 47.4 Å². The van der Waals surface area contributed by atoms with Gasteiger partial charge in [-0.1, -0.05) is 62.6 Å². The molecular formula is C18H22OS. The van der Waals surface area contributed by atoms with Gasteiger partial charge in [-0.15, -0.1) is 12.6 Å². The maximum Gasteiger partial charge on any atom is 0.127 e. The molecule has 0 spiro atoms. The van der Waals surface area contributed by atoms with Crippen molar-refractivity contribution in [2.45, 2.75) is 43.9 Å². The first-order valence-electron chi connectivity index (χ1n) is 7.33. The third kappa shape index (κ3) is 3.57. The summed E-state index contributed by atoms with van der Waals surface area (Å²) in [4.78, 5) is 0.825. The lowest BCUT2D eigenvalue weighted by molar-refractivity contribution is 0.467. The Hall–Kier alpha value is -1.41. The van der Waals surface area contributed by atoms with Crippen LogP contribution >= 0.6 is 12.6 Å². The van der Waals surface area contributed by atoms with Crippen LogP contribution in [0.2, 0.25) is 0 Å². The van der Waals surface area contributed by atoms with Crippen molar-refractivity contribution >= 4 is 12.6 Å². The molecule has 2 heteroatoms. The number of phenols is 1. The molecule has 2 aromatic rings. The molecule has 0 atom stereocenters. The minimum Gasteiger partial charge on any atom is -0.507 e. The van der Waals surface area contributed by atoms with Gasteiger partial charge < -0.3 is 5.11 Å². The molecule has 0 saturated heterocycles. The van der Waals surface area contributed by atoms with Gasteiger partial charge in [0.15, 0.2) is 0 Å². The minimum atomic E-state index is 0.389. The van der Waals surface area contributed by atoms with E-state index in [1.54, 1.807) is 0 Å². The van der Waals surface area contributed by atoms with Crippen molar-refractivity contribution in [1.82, 2.24) is 0 Å². The van der Waals surface area contributed by atoms with E-state index in [0.29, 0.717) is 5.75 Å². The Morgan fingerprint density at radius 2 is 1.70 bits per heavy atom. The number of hydrogen-bond donors (Lipinski definition) is 2. The average Bonchev–Trinajstić information content (AvgIpc) is 2.47. The fraction of sp³-hybridized carbons (Fsp3) is 0.333. The topological polar surface area (TPSA) is 20.2 Å². The monoisotopic (exact) mass is 286 g/mol. The van der Waals surface area contributed by atoms with Gasteiger partial charge in [0, 0.05) is 10.5 Å². The summed E-state index contributed by atoms with van der Waals surface area (Å²) in [6, 6.07) is 13.9. The largest absolute Gasteiger partial charge is 0.507 e. The third-order valence-electron chi connectivity index (χ3n) is 3.60. The average molecular weight is 286 g/mol. The number of aryl methyl sites for hydroxylation is 1. The Kier molecular flexibility index (Phi) is 5.54. The molecule has 0 radical (unpaired) electrons. The standard InChI is InChI=1S/C18H22OS/c1-2-3-4-6-11-15-12-13-16(20)17(18(15)19)14-9-7-5-8-10-14/h5,7-10,12-13,19-20H,2-4,6,11H2,1H3. The second kappa shape index (κ2) is 7.39. The van der Waals surface area contributed by atoms with Crippen LogP contribution < -0.4 is 0 Å². The number of benzene rings is 2. The zero-order valence-corrected chi connectivity index (χ0v) is 12.9. The molecule has 20 heavy (non-hydrogen) atoms. The zero-order chi connectivity index (χ0) is 14.4. The van der Waals surface area contributed by atoms with Crippen molar-refractivity contribution in [3.8, 4) is 16.9 Å². The van der Waals surface area contributed by atoms with Crippen LogP contribution in [0.25, 0.3) is 11.1 Å². The van der Waals surface area contributed by atoms with Crippen molar-refractivity contribution in [2.24, 2.45) is 0 Å². The highest BCUT2D eigenvalue weighted by atomic mass is 32.1. The molecule has 0 fully saturated rings. The predicted molar refractivity (Wildman–Crippen MR) is 88.6 cm³/mol. The second-order valence-corrected chi connectivity index (χ2v) is 5.63. The third-order valence-corrected chi connectivity index (χ3v) is 3.97. The van der Waals surface area contributed by atoms with Crippen molar-refractivity contribution in [3.05, 3.63) is 48.0 Å². The fourth-order valence-corrected chi connectivity index (χ4v) is 2.77. The molecule has 0 heterocycles. The van der Waals surface area contributed by atoms with Gasteiger partial charge in [-0.05, 0) is 30.0 Å². The number of unbranched alkanes of at least 4 members (excludes halogenated alkanes) is 3. The molecular weight excluding hydrogens is 264 g/mol. The van der Waals surface area contributed by atoms with Crippen molar-refractivity contribution < 1.29 is 5.11 Å². The van der Waals surface area contributed by atoms with Gasteiger partial charge in [-0.25, -0.2) is 0 Å². The highest BCUT2D eigenvalue weighted by Gasteiger charge is 2.12. The van der Waals surface area contributed by atoms with Gasteiger partial charge >= 0.3 is 0 Å². The molecule has 1 N–H and O–H groups in total. The van der Waals surface area contributed by atoms with Crippen molar-refractivity contribution in [1.29, 1.82) is 0 Å². The van der Waals surface area contributed by atoms with Gasteiger partial charge in [0.25, 0.3) is 0 Å². The summed E-state index contributed by atoms with van der Waals surface area (Å²) in [6.45, 7) is 2.21. The fourth-order valence-electron chi connectivity index (χ4n) is 2.46. The Morgan fingerprint density at radius 1 is 0.950 bits per heavy atom. The maximum absolute atomic E-state index is 10.5. The Balaban J connectivity index is 2.24. The number of thiol groups is 1. The van der Waals surface area contributed by atoms with Crippen LogP contribution in [0.4, 0.5) is 0 Å². The van der Waals surface area contributed by atoms with E-state index in [9.17, 15) is 5.11 Å². The molecule has 0 aliphatic heterocycles. The van der Waals surface area contributed by atoms with E-state index < -0.39 is 0 Å². The molecule has 2 aromatic carbocycles. The molecule has 1 nitrogen and oxygen atoms in total. The summed E-state index contributed by atoms with van der Waals surface area (Å²) in [5.74, 6) is 0.389. The van der Waals surface area contributed by atoms with Gasteiger partial charge in [-0.3, -0.25) is 0 Å². The smallest absolute Gasteiger partial charge is 0.127 e. The van der Waals surface area contributed by atoms with E-state index in [-0.39, 0.29) is 0 Å². The van der Waals surface area contributed by atoms with Crippen LogP contribution in [0.3, 0.4) is 0 Å². The number of hydrogen-bond acceptors (Lipinski definition) is 2. The van der Waals surface area contributed by atoms with Crippen LogP contribution in [0, 0.1) is 0 Å². The summed E-state index contributed by atoms with van der Waals surface area (Å²) in [7, 11) is 0.